The van der Waals surface area contributed by atoms with Gasteiger partial charge in [0.05, 0.1) is 0 Å². The molecule has 3 aromatic carbocycles. The van der Waals surface area contributed by atoms with Crippen molar-refractivity contribution in [3.05, 3.63) is 107 Å². The van der Waals surface area contributed by atoms with Crippen molar-refractivity contribution in [1.82, 2.24) is 14.8 Å². The van der Waals surface area contributed by atoms with Crippen LogP contribution in [0, 0.1) is 5.82 Å². The van der Waals surface area contributed by atoms with Gasteiger partial charge in [0, 0.05) is 61.0 Å². The highest BCUT2D eigenvalue weighted by molar-refractivity contribution is 6.31. The number of nitrogens with one attached hydrogen (secondary N) is 1. The molecule has 0 fully saturated rings. The Hall–Kier alpha value is -3.68. The van der Waals surface area contributed by atoms with Crippen molar-refractivity contribution in [2.24, 2.45) is 0 Å². The average molecular weight is 536 g/mol. The van der Waals surface area contributed by atoms with E-state index in [2.05, 4.69) is 11.1 Å². The second kappa shape index (κ2) is 13.2. The van der Waals surface area contributed by atoms with Gasteiger partial charge in [0.2, 0.25) is 5.91 Å². The number of amides is 2. The van der Waals surface area contributed by atoms with Gasteiger partial charge in [-0.25, -0.2) is 4.39 Å². The molecule has 1 heterocycles. The maximum atomic E-state index is 13.7. The number of carbonyl (C=O) groups excluding carboxylic acids is 2. The lowest BCUT2D eigenvalue weighted by Crippen LogP contribution is -2.44. The smallest absolute Gasteiger partial charge is 0.254 e. The summed E-state index contributed by atoms with van der Waals surface area (Å²) in [5.74, 6) is -0.792. The molecule has 0 atom stereocenters. The molecule has 4 aromatic rings. The Morgan fingerprint density at radius 2 is 1.76 bits per heavy atom. The first-order valence-electron chi connectivity index (χ1n) is 12.6. The molecular weight excluding hydrogens is 505 g/mol. The van der Waals surface area contributed by atoms with Crippen molar-refractivity contribution >= 4 is 34.3 Å². The Morgan fingerprint density at radius 3 is 2.53 bits per heavy atom. The van der Waals surface area contributed by atoms with Gasteiger partial charge in [-0.1, -0.05) is 48.0 Å². The predicted molar refractivity (Wildman–Crippen MR) is 148 cm³/mol. The SMILES string of the molecule is COCCCN(CC(=O)N(CCc1c[nH]c2ccccc12)Cc1ccc(F)cc1)C(=O)c1cccc(Cl)c1. The summed E-state index contributed by atoms with van der Waals surface area (Å²) in [6, 6.07) is 20.9. The number of benzene rings is 3. The Kier molecular flexibility index (Phi) is 9.51. The van der Waals surface area contributed by atoms with E-state index >= 15 is 0 Å². The fourth-order valence-corrected chi connectivity index (χ4v) is 4.61. The standard InChI is InChI=1S/C30H31ClFN3O3/c1-38-17-5-15-35(30(37)23-6-4-7-25(31)18-23)21-29(36)34(20-22-10-12-26(32)13-11-22)16-14-24-19-33-28-9-3-2-8-27(24)28/h2-4,6-13,18-19,33H,5,14-17,20-21H2,1H3. The molecule has 38 heavy (non-hydrogen) atoms. The van der Waals surface area contributed by atoms with Crippen LogP contribution >= 0.6 is 11.6 Å². The zero-order valence-electron chi connectivity index (χ0n) is 21.3. The summed E-state index contributed by atoms with van der Waals surface area (Å²) in [5, 5.41) is 1.56. The van der Waals surface area contributed by atoms with Crippen LogP contribution in [0.1, 0.15) is 27.9 Å². The van der Waals surface area contributed by atoms with Crippen LogP contribution in [0.15, 0.2) is 79.0 Å². The molecule has 4 rings (SSSR count). The summed E-state index contributed by atoms with van der Waals surface area (Å²) in [6.07, 6.45) is 3.18. The molecule has 0 aliphatic rings. The first kappa shape index (κ1) is 27.4. The molecule has 2 amide bonds. The first-order chi connectivity index (χ1) is 18.4. The fourth-order valence-electron chi connectivity index (χ4n) is 4.42. The molecule has 0 radical (unpaired) electrons. The third-order valence-corrected chi connectivity index (χ3v) is 6.66. The Bertz CT molecular complexity index is 1370. The molecule has 0 aliphatic heterocycles. The molecule has 198 valence electrons. The van der Waals surface area contributed by atoms with Crippen LogP contribution in [0.5, 0.6) is 0 Å². The zero-order valence-corrected chi connectivity index (χ0v) is 22.1. The van der Waals surface area contributed by atoms with Gasteiger partial charge in [0.25, 0.3) is 5.91 Å². The van der Waals surface area contributed by atoms with Crippen molar-refractivity contribution in [2.75, 3.05) is 33.4 Å². The van der Waals surface area contributed by atoms with E-state index < -0.39 is 0 Å². The zero-order chi connectivity index (χ0) is 26.9. The van der Waals surface area contributed by atoms with Crippen molar-refractivity contribution in [1.29, 1.82) is 0 Å². The molecule has 0 saturated carbocycles. The summed E-state index contributed by atoms with van der Waals surface area (Å²) in [7, 11) is 1.60. The van der Waals surface area contributed by atoms with Gasteiger partial charge in [-0.15, -0.1) is 0 Å². The monoisotopic (exact) mass is 535 g/mol. The lowest BCUT2D eigenvalue weighted by molar-refractivity contribution is -0.132. The highest BCUT2D eigenvalue weighted by Crippen LogP contribution is 2.19. The van der Waals surface area contributed by atoms with E-state index in [1.165, 1.54) is 17.0 Å². The number of para-hydroxylation sites is 1. The highest BCUT2D eigenvalue weighted by Gasteiger charge is 2.23. The average Bonchev–Trinajstić information content (AvgIpc) is 3.34. The molecular formula is C30H31ClFN3O3. The quantitative estimate of drug-likeness (QED) is 0.236. The summed E-state index contributed by atoms with van der Waals surface area (Å²) in [5.41, 5.74) is 3.37. The topological polar surface area (TPSA) is 65.6 Å². The summed E-state index contributed by atoms with van der Waals surface area (Å²) >= 11 is 6.11. The first-order valence-corrected chi connectivity index (χ1v) is 12.9. The van der Waals surface area contributed by atoms with Gasteiger partial charge in [-0.2, -0.15) is 0 Å². The van der Waals surface area contributed by atoms with Gasteiger partial charge in [0.15, 0.2) is 0 Å². The van der Waals surface area contributed by atoms with E-state index in [-0.39, 0.29) is 24.2 Å². The van der Waals surface area contributed by atoms with Gasteiger partial charge in [0.1, 0.15) is 12.4 Å². The molecule has 1 aromatic heterocycles. The Morgan fingerprint density at radius 1 is 0.974 bits per heavy atom. The molecule has 0 saturated heterocycles. The Labute approximate surface area is 227 Å². The number of carbonyl (C=O) groups is 2. The van der Waals surface area contributed by atoms with Crippen LogP contribution in [0.4, 0.5) is 4.39 Å². The van der Waals surface area contributed by atoms with Gasteiger partial charge in [-0.05, 0) is 60.4 Å². The van der Waals surface area contributed by atoms with E-state index in [0.717, 1.165) is 22.0 Å². The number of nitrogens with zero attached hydrogens (tertiary/aromatic N) is 2. The minimum Gasteiger partial charge on any atom is -0.385 e. The van der Waals surface area contributed by atoms with E-state index in [0.29, 0.717) is 49.7 Å². The van der Waals surface area contributed by atoms with Gasteiger partial charge >= 0.3 is 0 Å². The van der Waals surface area contributed by atoms with Crippen molar-refractivity contribution in [3.63, 3.8) is 0 Å². The maximum Gasteiger partial charge on any atom is 0.254 e. The predicted octanol–water partition coefficient (Wildman–Crippen LogP) is 5.71. The lowest BCUT2D eigenvalue weighted by atomic mass is 10.1. The summed E-state index contributed by atoms with van der Waals surface area (Å²) < 4.78 is 18.7. The molecule has 6 nitrogen and oxygen atoms in total. The second-order valence-corrected chi connectivity index (χ2v) is 9.57. The third-order valence-electron chi connectivity index (χ3n) is 6.43. The van der Waals surface area contributed by atoms with Crippen LogP contribution < -0.4 is 0 Å². The van der Waals surface area contributed by atoms with Crippen LogP contribution in [0.2, 0.25) is 5.02 Å². The minimum atomic E-state index is -0.332. The molecule has 0 aliphatic carbocycles. The summed E-state index contributed by atoms with van der Waals surface area (Å²) in [6.45, 7) is 1.48. The number of hydrogen-bond acceptors (Lipinski definition) is 3. The van der Waals surface area contributed by atoms with E-state index in [9.17, 15) is 14.0 Å². The van der Waals surface area contributed by atoms with Crippen LogP contribution in [-0.2, 0) is 22.5 Å². The van der Waals surface area contributed by atoms with Crippen LogP contribution in [0.3, 0.4) is 0 Å². The van der Waals surface area contributed by atoms with Crippen molar-refractivity contribution in [2.45, 2.75) is 19.4 Å². The van der Waals surface area contributed by atoms with Gasteiger partial charge < -0.3 is 19.5 Å². The normalized spacial score (nSPS) is 11.0. The number of H-pyrrole nitrogens is 1. The second-order valence-electron chi connectivity index (χ2n) is 9.13. The van der Waals surface area contributed by atoms with E-state index in [4.69, 9.17) is 16.3 Å². The summed E-state index contributed by atoms with van der Waals surface area (Å²) in [4.78, 5) is 33.6. The maximum absolute atomic E-state index is 13.7. The fraction of sp³-hybridized carbons (Fsp3) is 0.267. The number of rotatable bonds is 12. The molecule has 1 N–H and O–H groups in total. The number of halogens is 2. The number of ether oxygens (including phenoxy) is 1. The number of fused-ring (bicyclic) bond motifs is 1. The number of aromatic nitrogens is 1. The highest BCUT2D eigenvalue weighted by atomic mass is 35.5. The van der Waals surface area contributed by atoms with Crippen LogP contribution in [-0.4, -0.2) is 59.9 Å². The van der Waals surface area contributed by atoms with E-state index in [1.54, 1.807) is 48.4 Å². The number of hydrogen-bond donors (Lipinski definition) is 1. The van der Waals surface area contributed by atoms with Gasteiger partial charge in [-0.3, -0.25) is 9.59 Å². The molecule has 0 bridgehead atoms. The minimum absolute atomic E-state index is 0.0931. The number of methoxy groups -OCH3 is 1. The largest absolute Gasteiger partial charge is 0.385 e. The number of aromatic amines is 1. The third kappa shape index (κ3) is 7.21. The molecule has 0 unspecified atom stereocenters. The van der Waals surface area contributed by atoms with Crippen molar-refractivity contribution in [3.8, 4) is 0 Å². The van der Waals surface area contributed by atoms with Crippen LogP contribution in [0.25, 0.3) is 10.9 Å². The lowest BCUT2D eigenvalue weighted by Gasteiger charge is -2.28. The Balaban J connectivity index is 1.54. The molecule has 0 spiro atoms. The molecule has 8 heteroatoms. The van der Waals surface area contributed by atoms with Crippen molar-refractivity contribution < 1.29 is 18.7 Å². The van der Waals surface area contributed by atoms with E-state index in [1.807, 2.05) is 24.4 Å².